The lowest BCUT2D eigenvalue weighted by Crippen LogP contribution is -2.23. The summed E-state index contributed by atoms with van der Waals surface area (Å²) in [4.78, 5) is 12.5. The zero-order valence-corrected chi connectivity index (χ0v) is 15.5. The van der Waals surface area contributed by atoms with Gasteiger partial charge in [-0.2, -0.15) is 0 Å². The Morgan fingerprint density at radius 2 is 1.88 bits per heavy atom. The van der Waals surface area contributed by atoms with Gasteiger partial charge in [0.15, 0.2) is 0 Å². The maximum absolute atomic E-state index is 5.23. The minimum absolute atomic E-state index is 0.803. The van der Waals surface area contributed by atoms with Crippen molar-refractivity contribution < 1.29 is 4.74 Å². The van der Waals surface area contributed by atoms with Crippen LogP contribution in [0.5, 0.6) is 5.75 Å². The van der Waals surface area contributed by atoms with Crippen LogP contribution >= 0.6 is 11.3 Å². The smallest absolute Gasteiger partial charge is 0.133 e. The van der Waals surface area contributed by atoms with E-state index in [1.165, 1.54) is 0 Å². The van der Waals surface area contributed by atoms with Gasteiger partial charge in [-0.3, -0.25) is 0 Å². The largest absolute Gasteiger partial charge is 0.497 e. The number of thiazole rings is 1. The lowest BCUT2D eigenvalue weighted by atomic mass is 10.2. The molecule has 130 valence electrons. The van der Waals surface area contributed by atoms with Gasteiger partial charge >= 0.3 is 0 Å². The molecule has 0 saturated heterocycles. The third kappa shape index (κ3) is 3.26. The predicted molar refractivity (Wildman–Crippen MR) is 108 cm³/mol. The summed E-state index contributed by atoms with van der Waals surface area (Å²) in [6.07, 6.45) is 10.2. The molecule has 0 saturated carbocycles. The van der Waals surface area contributed by atoms with E-state index in [-0.39, 0.29) is 0 Å². The van der Waals surface area contributed by atoms with Crippen LogP contribution in [0.2, 0.25) is 0 Å². The van der Waals surface area contributed by atoms with Crippen molar-refractivity contribution in [2.75, 3.05) is 18.6 Å². The molecule has 4 rings (SSSR count). The molecule has 0 atom stereocenters. The van der Waals surface area contributed by atoms with Gasteiger partial charge in [-0.15, -0.1) is 11.3 Å². The molecule has 0 amide bonds. The summed E-state index contributed by atoms with van der Waals surface area (Å²) in [5, 5.41) is 0.995. The predicted octanol–water partition coefficient (Wildman–Crippen LogP) is 4.94. The molecule has 0 fully saturated rings. The van der Waals surface area contributed by atoms with Crippen molar-refractivity contribution in [2.24, 2.45) is 0 Å². The summed E-state index contributed by atoms with van der Waals surface area (Å²) in [6.45, 7) is 2.85. The Labute approximate surface area is 157 Å². The van der Waals surface area contributed by atoms with Gasteiger partial charge in [-0.1, -0.05) is 18.2 Å². The lowest BCUT2D eigenvalue weighted by molar-refractivity contribution is 0.415. The average Bonchev–Trinajstić information content (AvgIpc) is 3.19. The van der Waals surface area contributed by atoms with Crippen LogP contribution in [0.25, 0.3) is 16.3 Å². The van der Waals surface area contributed by atoms with E-state index in [0.717, 1.165) is 44.8 Å². The van der Waals surface area contributed by atoms with E-state index in [2.05, 4.69) is 45.2 Å². The van der Waals surface area contributed by atoms with Gasteiger partial charge in [0, 0.05) is 24.5 Å². The highest BCUT2D eigenvalue weighted by Crippen LogP contribution is 2.34. The number of pyridine rings is 1. The van der Waals surface area contributed by atoms with Crippen molar-refractivity contribution in [2.45, 2.75) is 6.92 Å². The Morgan fingerprint density at radius 3 is 2.62 bits per heavy atom. The topological polar surface area (TPSA) is 38.2 Å². The lowest BCUT2D eigenvalue weighted by Gasteiger charge is -2.26. The molecule has 5 heteroatoms. The molecule has 2 aromatic heterocycles. The van der Waals surface area contributed by atoms with E-state index < -0.39 is 0 Å². The van der Waals surface area contributed by atoms with Crippen LogP contribution in [0.4, 0.5) is 5.82 Å². The number of allylic oxidation sites excluding steroid dienone is 2. The minimum Gasteiger partial charge on any atom is -0.497 e. The molecule has 3 aromatic rings. The number of aryl methyl sites for hydroxylation is 1. The van der Waals surface area contributed by atoms with Crippen LogP contribution in [-0.4, -0.2) is 23.6 Å². The highest BCUT2D eigenvalue weighted by Gasteiger charge is 2.18. The maximum Gasteiger partial charge on any atom is 0.133 e. The summed E-state index contributed by atoms with van der Waals surface area (Å²) >= 11 is 1.68. The number of rotatable bonds is 4. The first-order valence-corrected chi connectivity index (χ1v) is 9.24. The van der Waals surface area contributed by atoms with E-state index in [1.54, 1.807) is 18.4 Å². The molecule has 0 bridgehead atoms. The van der Waals surface area contributed by atoms with Gasteiger partial charge in [-0.25, -0.2) is 9.97 Å². The van der Waals surface area contributed by atoms with Gasteiger partial charge in [0.25, 0.3) is 0 Å². The summed E-state index contributed by atoms with van der Waals surface area (Å²) in [7, 11) is 1.67. The van der Waals surface area contributed by atoms with Gasteiger partial charge in [-0.05, 0) is 48.9 Å². The number of benzene rings is 1. The van der Waals surface area contributed by atoms with Gasteiger partial charge in [0.05, 0.1) is 17.7 Å². The number of anilines is 1. The Morgan fingerprint density at radius 1 is 1.04 bits per heavy atom. The monoisotopic (exact) mass is 361 g/mol. The molecule has 0 unspecified atom stereocenters. The first-order chi connectivity index (χ1) is 12.7. The highest BCUT2D eigenvalue weighted by atomic mass is 32.1. The molecule has 1 aromatic carbocycles. The second kappa shape index (κ2) is 7.14. The molecular weight excluding hydrogens is 342 g/mol. The molecule has 1 aliphatic heterocycles. The molecule has 0 aliphatic carbocycles. The van der Waals surface area contributed by atoms with Crippen LogP contribution in [0.3, 0.4) is 0 Å². The summed E-state index contributed by atoms with van der Waals surface area (Å²) < 4.78 is 5.23. The Kier molecular flexibility index (Phi) is 4.54. The fourth-order valence-electron chi connectivity index (χ4n) is 2.83. The van der Waals surface area contributed by atoms with Crippen molar-refractivity contribution in [1.29, 1.82) is 0 Å². The molecule has 0 spiro atoms. The number of hydrogen-bond acceptors (Lipinski definition) is 5. The first-order valence-electron chi connectivity index (χ1n) is 8.42. The quantitative estimate of drug-likeness (QED) is 0.660. The SMILES string of the molecule is COc1ccc(-c2ncc(C3=CC=CCN3c3ccc(C)cn3)s2)cc1. The third-order valence-corrected chi connectivity index (χ3v) is 5.31. The van der Waals surface area contributed by atoms with E-state index in [4.69, 9.17) is 4.74 Å². The fraction of sp³-hybridized carbons (Fsp3) is 0.143. The van der Waals surface area contributed by atoms with Crippen molar-refractivity contribution >= 4 is 22.9 Å². The third-order valence-electron chi connectivity index (χ3n) is 4.24. The molecular formula is C21H19N3OS. The number of methoxy groups -OCH3 is 1. The van der Waals surface area contributed by atoms with Crippen LogP contribution in [-0.2, 0) is 0 Å². The van der Waals surface area contributed by atoms with Crippen molar-refractivity contribution in [3.63, 3.8) is 0 Å². The maximum atomic E-state index is 5.23. The normalized spacial score (nSPS) is 13.6. The van der Waals surface area contributed by atoms with Crippen molar-refractivity contribution in [3.8, 4) is 16.3 Å². The highest BCUT2D eigenvalue weighted by molar-refractivity contribution is 7.16. The summed E-state index contributed by atoms with van der Waals surface area (Å²) in [5.41, 5.74) is 3.38. The van der Waals surface area contributed by atoms with E-state index in [0.29, 0.717) is 0 Å². The fourth-order valence-corrected chi connectivity index (χ4v) is 3.78. The number of ether oxygens (including phenoxy) is 1. The molecule has 1 aliphatic rings. The van der Waals surface area contributed by atoms with Gasteiger partial charge in [0.1, 0.15) is 16.6 Å². The van der Waals surface area contributed by atoms with Crippen LogP contribution in [0, 0.1) is 6.92 Å². The van der Waals surface area contributed by atoms with Crippen molar-refractivity contribution in [1.82, 2.24) is 9.97 Å². The second-order valence-corrected chi connectivity index (χ2v) is 7.07. The van der Waals surface area contributed by atoms with Crippen molar-refractivity contribution in [3.05, 3.63) is 77.5 Å². The standard InChI is InChI=1S/C21H19N3OS/c1-15-6-11-20(22-13-15)24-12-4-3-5-18(24)19-14-23-21(26-19)16-7-9-17(25-2)10-8-16/h3-11,13-14H,12H2,1-2H3. The minimum atomic E-state index is 0.803. The zero-order chi connectivity index (χ0) is 17.9. The molecule has 26 heavy (non-hydrogen) atoms. The Bertz CT molecular complexity index is 956. The van der Waals surface area contributed by atoms with Crippen LogP contribution in [0.15, 0.2) is 67.0 Å². The van der Waals surface area contributed by atoms with E-state index in [9.17, 15) is 0 Å². The molecule has 0 radical (unpaired) electrons. The summed E-state index contributed by atoms with van der Waals surface area (Å²) in [6, 6.07) is 12.1. The first kappa shape index (κ1) is 16.5. The van der Waals surface area contributed by atoms with Gasteiger partial charge in [0.2, 0.25) is 0 Å². The second-order valence-electron chi connectivity index (χ2n) is 6.04. The van der Waals surface area contributed by atoms with E-state index >= 15 is 0 Å². The molecule has 3 heterocycles. The van der Waals surface area contributed by atoms with Crippen LogP contribution in [0.1, 0.15) is 10.4 Å². The van der Waals surface area contributed by atoms with Gasteiger partial charge < -0.3 is 9.64 Å². The molecule has 0 N–H and O–H groups in total. The van der Waals surface area contributed by atoms with Crippen LogP contribution < -0.4 is 9.64 Å². The molecule has 4 nitrogen and oxygen atoms in total. The summed E-state index contributed by atoms with van der Waals surface area (Å²) in [5.74, 6) is 1.80. The Hall–Kier alpha value is -2.92. The average molecular weight is 361 g/mol. The zero-order valence-electron chi connectivity index (χ0n) is 14.7. The number of nitrogens with zero attached hydrogens (tertiary/aromatic N) is 3. The van der Waals surface area contributed by atoms with E-state index in [1.807, 2.05) is 43.6 Å². The Balaban J connectivity index is 1.65. The number of hydrogen-bond donors (Lipinski definition) is 0. The number of aromatic nitrogens is 2.